The maximum Gasteiger partial charge on any atom is 0.270 e. The van der Waals surface area contributed by atoms with Gasteiger partial charge < -0.3 is 14.4 Å². The molecule has 1 aliphatic rings. The number of amides is 1. The Kier molecular flexibility index (Phi) is 8.70. The Morgan fingerprint density at radius 1 is 1.11 bits per heavy atom. The average molecular weight is 519 g/mol. The molecule has 1 aromatic heterocycles. The number of pyridine rings is 1. The molecule has 2 heterocycles. The minimum Gasteiger partial charge on any atom is -0.491 e. The molecule has 1 amide bonds. The minimum absolute atomic E-state index is 0.000669. The Hall–Kier alpha value is -3.82. The number of aromatic nitrogens is 1. The fourth-order valence-electron chi connectivity index (χ4n) is 4.72. The second-order valence-electron chi connectivity index (χ2n) is 9.88. The quantitative estimate of drug-likeness (QED) is 0.358. The maximum absolute atomic E-state index is 13.3. The van der Waals surface area contributed by atoms with E-state index in [-0.39, 0.29) is 35.2 Å². The van der Waals surface area contributed by atoms with Crippen molar-refractivity contribution in [3.8, 4) is 17.0 Å². The molecule has 3 aromatic rings. The van der Waals surface area contributed by atoms with Crippen LogP contribution in [0, 0.1) is 16.0 Å². The van der Waals surface area contributed by atoms with Crippen molar-refractivity contribution in [1.82, 2.24) is 14.8 Å². The van der Waals surface area contributed by atoms with E-state index >= 15 is 0 Å². The summed E-state index contributed by atoms with van der Waals surface area (Å²) in [5, 5.41) is 11.4. The number of hydrogen-bond donors (Lipinski definition) is 0. The summed E-state index contributed by atoms with van der Waals surface area (Å²) in [6, 6.07) is 18.4. The number of nitrogens with zero attached hydrogens (tertiary/aromatic N) is 4. The lowest BCUT2D eigenvalue weighted by atomic mass is 10.0. The summed E-state index contributed by atoms with van der Waals surface area (Å²) in [7, 11) is 3.33. The first-order valence-electron chi connectivity index (χ1n) is 12.7. The van der Waals surface area contributed by atoms with Crippen molar-refractivity contribution in [3.05, 3.63) is 88.1 Å². The van der Waals surface area contributed by atoms with Gasteiger partial charge in [-0.25, -0.2) is 0 Å². The van der Waals surface area contributed by atoms with Crippen LogP contribution in [0.2, 0.25) is 0 Å². The summed E-state index contributed by atoms with van der Waals surface area (Å²) in [6.07, 6.45) is 1.57. The van der Waals surface area contributed by atoms with Gasteiger partial charge in [0, 0.05) is 63.7 Å². The smallest absolute Gasteiger partial charge is 0.270 e. The van der Waals surface area contributed by atoms with Crippen molar-refractivity contribution < 1.29 is 19.2 Å². The van der Waals surface area contributed by atoms with Gasteiger partial charge in [-0.05, 0) is 36.6 Å². The molecule has 0 radical (unpaired) electrons. The van der Waals surface area contributed by atoms with Crippen LogP contribution in [0.15, 0.2) is 66.9 Å². The Morgan fingerprint density at radius 2 is 1.87 bits per heavy atom. The van der Waals surface area contributed by atoms with Crippen molar-refractivity contribution in [2.45, 2.75) is 32.5 Å². The topological polar surface area (TPSA) is 98.0 Å². The number of rotatable bonds is 5. The number of nitro groups is 1. The number of hydrogen-bond acceptors (Lipinski definition) is 7. The number of benzene rings is 2. The Labute approximate surface area is 223 Å². The van der Waals surface area contributed by atoms with Crippen LogP contribution in [0.5, 0.6) is 5.75 Å². The van der Waals surface area contributed by atoms with Crippen molar-refractivity contribution in [3.63, 3.8) is 0 Å². The SMILES string of the molecule is CO[C@H]1CN(C)C(=O)c2cc([N+](=O)[O-])ccc2OC[C@H](C)N(Cc2ccc(-c3ccccn3)cc2)C[C@@H]1C. The van der Waals surface area contributed by atoms with Gasteiger partial charge in [-0.15, -0.1) is 0 Å². The lowest BCUT2D eigenvalue weighted by Gasteiger charge is -2.36. The molecule has 4 rings (SSSR count). The first-order chi connectivity index (χ1) is 18.3. The number of fused-ring (bicyclic) bond motifs is 1. The van der Waals surface area contributed by atoms with Crippen LogP contribution >= 0.6 is 0 Å². The van der Waals surface area contributed by atoms with Gasteiger partial charge >= 0.3 is 0 Å². The average Bonchev–Trinajstić information content (AvgIpc) is 2.93. The van der Waals surface area contributed by atoms with Gasteiger partial charge in [0.2, 0.25) is 0 Å². The molecule has 0 N–H and O–H groups in total. The van der Waals surface area contributed by atoms with E-state index in [9.17, 15) is 14.9 Å². The molecule has 38 heavy (non-hydrogen) atoms. The van der Waals surface area contributed by atoms with E-state index in [1.807, 2.05) is 18.2 Å². The molecule has 0 bridgehead atoms. The van der Waals surface area contributed by atoms with E-state index in [1.165, 1.54) is 18.2 Å². The lowest BCUT2D eigenvalue weighted by Crippen LogP contribution is -2.46. The molecule has 2 aromatic carbocycles. The predicted octanol–water partition coefficient (Wildman–Crippen LogP) is 4.66. The van der Waals surface area contributed by atoms with Gasteiger partial charge in [0.15, 0.2) is 0 Å². The monoisotopic (exact) mass is 518 g/mol. The van der Waals surface area contributed by atoms with Crippen LogP contribution in [0.25, 0.3) is 11.3 Å². The molecule has 0 aliphatic carbocycles. The molecule has 200 valence electrons. The van der Waals surface area contributed by atoms with Crippen LogP contribution in [-0.4, -0.2) is 71.6 Å². The standard InChI is InChI=1S/C29H34N4O5/c1-20-16-32(17-22-8-10-23(11-9-22)26-7-5-6-14-30-26)21(2)19-38-27-13-12-24(33(35)36)15-25(27)29(34)31(3)18-28(20)37-4/h5-15,20-21,28H,16-19H2,1-4H3/t20-,21-,28-/m0/s1. The van der Waals surface area contributed by atoms with Crippen LogP contribution < -0.4 is 4.74 Å². The Bertz CT molecular complexity index is 1250. The zero-order chi connectivity index (χ0) is 27.2. The van der Waals surface area contributed by atoms with Gasteiger partial charge in [-0.1, -0.05) is 37.3 Å². The molecule has 0 saturated carbocycles. The van der Waals surface area contributed by atoms with Gasteiger partial charge in [-0.2, -0.15) is 0 Å². The van der Waals surface area contributed by atoms with Gasteiger partial charge in [0.1, 0.15) is 12.4 Å². The first kappa shape index (κ1) is 27.2. The summed E-state index contributed by atoms with van der Waals surface area (Å²) < 4.78 is 11.9. The van der Waals surface area contributed by atoms with Gasteiger partial charge in [0.25, 0.3) is 11.6 Å². The summed E-state index contributed by atoms with van der Waals surface area (Å²) >= 11 is 0. The fraction of sp³-hybridized carbons (Fsp3) is 0.379. The largest absolute Gasteiger partial charge is 0.491 e. The Balaban J connectivity index is 1.61. The molecular weight excluding hydrogens is 484 g/mol. The number of likely N-dealkylation sites (N-methyl/N-ethyl adjacent to an activating group) is 1. The molecule has 1 aliphatic heterocycles. The summed E-state index contributed by atoms with van der Waals surface area (Å²) in [5.74, 6) is 0.104. The van der Waals surface area contributed by atoms with E-state index in [2.05, 4.69) is 48.0 Å². The van der Waals surface area contributed by atoms with Crippen LogP contribution in [-0.2, 0) is 11.3 Å². The highest BCUT2D eigenvalue weighted by molar-refractivity contribution is 5.97. The van der Waals surface area contributed by atoms with E-state index in [1.54, 1.807) is 25.3 Å². The third kappa shape index (κ3) is 6.35. The predicted molar refractivity (Wildman–Crippen MR) is 145 cm³/mol. The van der Waals surface area contributed by atoms with Crippen molar-refractivity contribution in [1.29, 1.82) is 0 Å². The molecule has 0 saturated heterocycles. The number of ether oxygens (including phenoxy) is 2. The lowest BCUT2D eigenvalue weighted by molar-refractivity contribution is -0.384. The van der Waals surface area contributed by atoms with Crippen LogP contribution in [0.3, 0.4) is 0 Å². The minimum atomic E-state index is -0.507. The molecular formula is C29H34N4O5. The molecule has 3 atom stereocenters. The van der Waals surface area contributed by atoms with Crippen LogP contribution in [0.4, 0.5) is 5.69 Å². The van der Waals surface area contributed by atoms with E-state index < -0.39 is 4.92 Å². The summed E-state index contributed by atoms with van der Waals surface area (Å²) in [6.45, 7) is 6.30. The second-order valence-corrected chi connectivity index (χ2v) is 9.88. The Morgan fingerprint density at radius 3 is 2.53 bits per heavy atom. The fourth-order valence-corrected chi connectivity index (χ4v) is 4.72. The number of non-ortho nitro benzene ring substituents is 1. The zero-order valence-corrected chi connectivity index (χ0v) is 22.2. The highest BCUT2D eigenvalue weighted by atomic mass is 16.6. The molecule has 0 unspecified atom stereocenters. The second kappa shape index (κ2) is 12.1. The maximum atomic E-state index is 13.3. The molecule has 9 heteroatoms. The third-order valence-corrected chi connectivity index (χ3v) is 7.07. The van der Waals surface area contributed by atoms with E-state index in [4.69, 9.17) is 9.47 Å². The number of methoxy groups -OCH3 is 1. The first-order valence-corrected chi connectivity index (χ1v) is 12.7. The number of nitro benzene ring substituents is 1. The van der Waals surface area contributed by atoms with E-state index in [0.29, 0.717) is 25.4 Å². The highest BCUT2D eigenvalue weighted by Gasteiger charge is 2.29. The highest BCUT2D eigenvalue weighted by Crippen LogP contribution is 2.28. The molecule has 0 spiro atoms. The van der Waals surface area contributed by atoms with Crippen molar-refractivity contribution >= 4 is 11.6 Å². The number of carbonyl (C=O) groups excluding carboxylic acids is 1. The van der Waals surface area contributed by atoms with Gasteiger partial charge in [-0.3, -0.25) is 24.8 Å². The van der Waals surface area contributed by atoms with Gasteiger partial charge in [0.05, 0.1) is 22.3 Å². The van der Waals surface area contributed by atoms with Crippen molar-refractivity contribution in [2.24, 2.45) is 5.92 Å². The van der Waals surface area contributed by atoms with E-state index in [0.717, 1.165) is 23.4 Å². The van der Waals surface area contributed by atoms with Crippen molar-refractivity contribution in [2.75, 3.05) is 33.9 Å². The zero-order valence-electron chi connectivity index (χ0n) is 22.2. The normalized spacial score (nSPS) is 21.1. The summed E-state index contributed by atoms with van der Waals surface area (Å²) in [4.78, 5) is 32.5. The third-order valence-electron chi connectivity index (χ3n) is 7.07. The summed E-state index contributed by atoms with van der Waals surface area (Å²) in [5.41, 5.74) is 3.18. The molecule has 0 fully saturated rings. The molecule has 9 nitrogen and oxygen atoms in total. The number of carbonyl (C=O) groups is 1. The van der Waals surface area contributed by atoms with Crippen LogP contribution in [0.1, 0.15) is 29.8 Å².